The Morgan fingerprint density at radius 1 is 1.03 bits per heavy atom. The molecule has 0 unspecified atom stereocenters. The van der Waals surface area contributed by atoms with E-state index < -0.39 is 40.2 Å². The highest BCUT2D eigenvalue weighted by Crippen LogP contribution is 2.23. The molecule has 1 amide bonds. The molecule has 0 radical (unpaired) electrons. The second-order valence-corrected chi connectivity index (χ2v) is 9.89. The molecule has 0 aliphatic rings. The van der Waals surface area contributed by atoms with Gasteiger partial charge in [-0.2, -0.15) is 8.42 Å². The van der Waals surface area contributed by atoms with E-state index in [2.05, 4.69) is 5.32 Å². The topological polar surface area (TPSA) is 145 Å². The predicted molar refractivity (Wildman–Crippen MR) is 120 cm³/mol. The molecule has 0 saturated carbocycles. The summed E-state index contributed by atoms with van der Waals surface area (Å²) in [7, 11) is -3.88. The van der Waals surface area contributed by atoms with E-state index in [0.717, 1.165) is 0 Å². The Bertz CT molecular complexity index is 869. The van der Waals surface area contributed by atoms with Crippen LogP contribution in [0.5, 0.6) is 0 Å². The lowest BCUT2D eigenvalue weighted by Crippen LogP contribution is -2.41. The van der Waals surface area contributed by atoms with Crippen LogP contribution in [0.3, 0.4) is 0 Å². The normalized spacial score (nSPS) is 12.6. The van der Waals surface area contributed by atoms with Gasteiger partial charge in [0.15, 0.2) is 6.10 Å². The fraction of sp³-hybridized carbons (Fsp3) is 0.591. The van der Waals surface area contributed by atoms with Crippen LogP contribution >= 0.6 is 0 Å². The fourth-order valence-corrected chi connectivity index (χ4v) is 3.59. The van der Waals surface area contributed by atoms with Crippen LogP contribution in [0, 0.1) is 5.41 Å². The van der Waals surface area contributed by atoms with Crippen molar-refractivity contribution in [3.8, 4) is 0 Å². The highest BCUT2D eigenvalue weighted by Gasteiger charge is 2.36. The number of nitrogens with one attached hydrogen (secondary N) is 1. The van der Waals surface area contributed by atoms with E-state index in [-0.39, 0.29) is 37.8 Å². The number of aliphatic hydroxyl groups is 1. The van der Waals surface area contributed by atoms with Crippen molar-refractivity contribution in [1.29, 1.82) is 0 Å². The molecule has 0 heterocycles. The highest BCUT2D eigenvalue weighted by molar-refractivity contribution is 7.86. The van der Waals surface area contributed by atoms with E-state index >= 15 is 0 Å². The van der Waals surface area contributed by atoms with E-state index in [1.165, 1.54) is 20.8 Å². The highest BCUT2D eigenvalue weighted by atomic mass is 32.2. The van der Waals surface area contributed by atoms with Crippen molar-refractivity contribution < 1.29 is 41.6 Å². The van der Waals surface area contributed by atoms with Crippen LogP contribution in [-0.4, -0.2) is 69.6 Å². The minimum atomic E-state index is -3.88. The molecule has 0 aliphatic heterocycles. The largest absolute Gasteiger partial charge is 0.464 e. The van der Waals surface area contributed by atoms with Crippen molar-refractivity contribution in [2.45, 2.75) is 46.1 Å². The zero-order chi connectivity index (χ0) is 24.9. The number of hydrogen-bond donors (Lipinski definition) is 2. The first-order chi connectivity index (χ1) is 15.4. The lowest BCUT2D eigenvalue weighted by Gasteiger charge is -2.28. The number of benzene rings is 1. The molecule has 1 atom stereocenters. The standard InChI is InChI=1S/C22H33NO9S/c1-17(24)23-12-9-15-33(28,29)32-16-22(2,3)19(25)21(27)31-14-8-7-13-30-20(26)18-10-5-4-6-11-18/h4-6,10-11,19,25H,7-9,12-16H2,1-3H3,(H,23,24)/t19-/m0/s1. The van der Waals surface area contributed by atoms with Crippen molar-refractivity contribution in [2.75, 3.05) is 32.1 Å². The molecule has 0 aliphatic carbocycles. The fourth-order valence-electron chi connectivity index (χ4n) is 2.49. The summed E-state index contributed by atoms with van der Waals surface area (Å²) in [6.45, 7) is 4.24. The van der Waals surface area contributed by atoms with Crippen LogP contribution < -0.4 is 5.32 Å². The number of ether oxygens (including phenoxy) is 2. The van der Waals surface area contributed by atoms with E-state index in [0.29, 0.717) is 18.4 Å². The summed E-state index contributed by atoms with van der Waals surface area (Å²) in [6.07, 6.45) is -0.540. The summed E-state index contributed by atoms with van der Waals surface area (Å²) < 4.78 is 39.0. The maximum absolute atomic E-state index is 12.1. The quantitative estimate of drug-likeness (QED) is 0.213. The molecule has 2 N–H and O–H groups in total. The number of esters is 2. The average Bonchev–Trinajstić information content (AvgIpc) is 2.77. The van der Waals surface area contributed by atoms with Gasteiger partial charge in [-0.3, -0.25) is 8.98 Å². The van der Waals surface area contributed by atoms with Crippen LogP contribution in [0.1, 0.15) is 50.4 Å². The maximum Gasteiger partial charge on any atom is 0.338 e. The first-order valence-corrected chi connectivity index (χ1v) is 12.2. The molecular weight excluding hydrogens is 454 g/mol. The summed E-state index contributed by atoms with van der Waals surface area (Å²) in [6, 6.07) is 8.56. The molecule has 1 rings (SSSR count). The molecule has 1 aromatic carbocycles. The van der Waals surface area contributed by atoms with Crippen molar-refractivity contribution in [3.63, 3.8) is 0 Å². The van der Waals surface area contributed by atoms with Crippen molar-refractivity contribution in [1.82, 2.24) is 5.32 Å². The average molecular weight is 488 g/mol. The molecule has 10 nitrogen and oxygen atoms in total. The summed E-state index contributed by atoms with van der Waals surface area (Å²) in [5.41, 5.74) is -0.765. The monoisotopic (exact) mass is 487 g/mol. The Hall–Kier alpha value is -2.50. The van der Waals surface area contributed by atoms with E-state index in [9.17, 15) is 27.9 Å². The van der Waals surface area contributed by atoms with Gasteiger partial charge in [-0.25, -0.2) is 9.59 Å². The number of carbonyl (C=O) groups excluding carboxylic acids is 3. The third-order valence-corrected chi connectivity index (χ3v) is 5.81. The molecule has 186 valence electrons. The third kappa shape index (κ3) is 11.8. The van der Waals surface area contributed by atoms with E-state index in [1.54, 1.807) is 30.3 Å². The molecule has 0 fully saturated rings. The van der Waals surface area contributed by atoms with Crippen LogP contribution in [0.2, 0.25) is 0 Å². The van der Waals surface area contributed by atoms with Crippen LogP contribution in [0.15, 0.2) is 30.3 Å². The van der Waals surface area contributed by atoms with Gasteiger partial charge in [0.1, 0.15) is 0 Å². The first-order valence-electron chi connectivity index (χ1n) is 10.6. The van der Waals surface area contributed by atoms with Gasteiger partial charge in [0.2, 0.25) is 5.91 Å². The molecule has 1 aromatic rings. The van der Waals surface area contributed by atoms with Gasteiger partial charge in [0, 0.05) is 18.9 Å². The summed E-state index contributed by atoms with van der Waals surface area (Å²) in [5.74, 6) is -1.90. The van der Waals surface area contributed by atoms with Crippen molar-refractivity contribution >= 4 is 28.0 Å². The number of amides is 1. The number of unbranched alkanes of at least 4 members (excludes halogenated alkanes) is 1. The zero-order valence-electron chi connectivity index (χ0n) is 19.2. The zero-order valence-corrected chi connectivity index (χ0v) is 20.1. The Morgan fingerprint density at radius 3 is 2.24 bits per heavy atom. The summed E-state index contributed by atoms with van der Waals surface area (Å²) in [4.78, 5) is 34.7. The lowest BCUT2D eigenvalue weighted by atomic mass is 9.88. The second-order valence-electron chi connectivity index (χ2n) is 8.13. The number of aliphatic hydroxyl groups excluding tert-OH is 1. The Balaban J connectivity index is 2.28. The number of carbonyl (C=O) groups is 3. The Labute approximate surface area is 194 Å². The van der Waals surface area contributed by atoms with Crippen LogP contribution in [0.25, 0.3) is 0 Å². The van der Waals surface area contributed by atoms with Gasteiger partial charge in [-0.1, -0.05) is 32.0 Å². The van der Waals surface area contributed by atoms with Gasteiger partial charge in [0.05, 0.1) is 31.1 Å². The number of hydrogen-bond acceptors (Lipinski definition) is 9. The van der Waals surface area contributed by atoms with Crippen LogP contribution in [-0.2, 0) is 33.4 Å². The smallest absolute Gasteiger partial charge is 0.338 e. The molecular formula is C22H33NO9S. The van der Waals surface area contributed by atoms with Crippen molar-refractivity contribution in [2.24, 2.45) is 5.41 Å². The van der Waals surface area contributed by atoms with Gasteiger partial charge in [0.25, 0.3) is 10.1 Å². The summed E-state index contributed by atoms with van der Waals surface area (Å²) >= 11 is 0. The Morgan fingerprint density at radius 2 is 1.64 bits per heavy atom. The van der Waals surface area contributed by atoms with Gasteiger partial charge in [-0.15, -0.1) is 0 Å². The maximum atomic E-state index is 12.1. The van der Waals surface area contributed by atoms with Gasteiger partial charge >= 0.3 is 11.9 Å². The summed E-state index contributed by atoms with van der Waals surface area (Å²) in [5, 5.41) is 12.7. The molecule has 0 bridgehead atoms. The van der Waals surface area contributed by atoms with Gasteiger partial charge in [-0.05, 0) is 31.4 Å². The minimum absolute atomic E-state index is 0.0111. The lowest BCUT2D eigenvalue weighted by molar-refractivity contribution is -0.161. The molecule has 0 saturated heterocycles. The Kier molecular flexibility index (Phi) is 12.0. The van der Waals surface area contributed by atoms with Crippen molar-refractivity contribution in [3.05, 3.63) is 35.9 Å². The van der Waals surface area contributed by atoms with Crippen LogP contribution in [0.4, 0.5) is 0 Å². The molecule has 0 spiro atoms. The SMILES string of the molecule is CC(=O)NCCCS(=O)(=O)OCC(C)(C)[C@@H](O)C(=O)OCCCCOC(=O)c1ccccc1. The van der Waals surface area contributed by atoms with Gasteiger partial charge < -0.3 is 19.9 Å². The minimum Gasteiger partial charge on any atom is -0.464 e. The number of rotatable bonds is 15. The second kappa shape index (κ2) is 13.9. The third-order valence-electron chi connectivity index (χ3n) is 4.54. The molecule has 33 heavy (non-hydrogen) atoms. The first kappa shape index (κ1) is 28.5. The predicted octanol–water partition coefficient (Wildman–Crippen LogP) is 1.43. The molecule has 0 aromatic heterocycles. The molecule has 11 heteroatoms. The van der Waals surface area contributed by atoms with E-state index in [4.69, 9.17) is 13.7 Å². The van der Waals surface area contributed by atoms with E-state index in [1.807, 2.05) is 0 Å².